The summed E-state index contributed by atoms with van der Waals surface area (Å²) >= 11 is 0. The first kappa shape index (κ1) is 160. The molecule has 0 aliphatic rings. The Morgan fingerprint density at radius 3 is 1.03 bits per heavy atom. The molecule has 0 aromatic rings. The molecule has 27 heteroatoms. The van der Waals surface area contributed by atoms with Crippen molar-refractivity contribution in [1.82, 2.24) is 15.7 Å². The predicted molar refractivity (Wildman–Crippen MR) is 609 cm³/mol. The van der Waals surface area contributed by atoms with Crippen molar-refractivity contribution in [3.8, 4) is 0 Å². The number of Topliss-reactive ketones (excluding diaryl/α,β-unsaturated/α-hetero) is 15. The van der Waals surface area contributed by atoms with Gasteiger partial charge >= 0.3 is 0 Å². The van der Waals surface area contributed by atoms with Gasteiger partial charge in [0.15, 0.2) is 57.8 Å². The first-order valence-corrected chi connectivity index (χ1v) is 52.5. The van der Waals surface area contributed by atoms with Crippen molar-refractivity contribution in [1.29, 1.82) is 0 Å². The van der Waals surface area contributed by atoms with E-state index in [0.717, 1.165) is 23.8 Å². The highest BCUT2D eigenvalue weighted by molar-refractivity contribution is 6.41. The van der Waals surface area contributed by atoms with E-state index in [4.69, 9.17) is 4.74 Å². The first-order chi connectivity index (χ1) is 67.8. The molecule has 0 aliphatic carbocycles. The summed E-state index contributed by atoms with van der Waals surface area (Å²) in [6, 6.07) is 0. The number of hydroxylamine groups is 1. The molecule has 0 atom stereocenters. The standard InChI is InChI=1S/C15H25NO3.C15H24O3.C13H23NO2.C13H22O3.C13H22O2.2C12H20O2.C11H18O2.C10H18O2.C9H15NO3/c1-5-7-12(17)8-6-9-14(19)16-11-13(18)10-15(2,3)4;1-5-7-12(16)8-6-9-13(17)10-11-14(18)15(2,3)4;1-13(2,3)12(16)9-8-11(15)7-6-10-14(4)5;1-10(8-9-16-5)11(14)6-7-12(15)13(2,3)4;1-5-7-11(14)8-6-9-12(15)10-13(2,3)4;2*1-6-9(2)10(13)7-8-11(14)12(3,4)5;1-8(2)6-9(12)10(13)7-11(3,4)5;1-7(2)6-8(11)9(12)10(3,4)5;1-5-8(12)10-13-6-7(11)9(2,3)4/h5,7H,6,8-11H2,1-4H3,(H,16,19);5,7H,6,8-11H2,1-4H3;6-7H,8-10H2,1-5H3;8H,6-7,9H2,1-5H3;5,7H,6,8-10H2,1-4H3;6H,7-8H2,1-5H3;2,6-8H2,1,3-5H3;6H,7H2,1-5H3;7H,6H2,1-5H3;5H,1,6H2,2-4H3,(H,10,12)/b2*7-5+;7-6+;10-8+;7-5+;9-6+;;;;. The molecule has 0 fully saturated rings. The minimum absolute atomic E-state index is 0.0186. The average molecular weight is 2110 g/mol. The number of likely N-dealkylation sites (N-methyl/N-ethyl adjacent to an activating group) is 1. The van der Waals surface area contributed by atoms with E-state index < -0.39 is 16.7 Å². The second kappa shape index (κ2) is 83.4. The fourth-order valence-electron chi connectivity index (χ4n) is 10.9. The van der Waals surface area contributed by atoms with Crippen LogP contribution < -0.4 is 10.8 Å². The van der Waals surface area contributed by atoms with Gasteiger partial charge in [-0.2, -0.15) is 0 Å². The van der Waals surface area contributed by atoms with E-state index >= 15 is 0 Å². The molecule has 858 valence electrons. The molecule has 27 nitrogen and oxygen atoms in total. The molecule has 0 saturated carbocycles. The summed E-state index contributed by atoms with van der Waals surface area (Å²) < 4.78 is 4.85. The Balaban J connectivity index is -0.000000182. The Labute approximate surface area is 907 Å². The fraction of sp³-hybridized carbons (Fsp3) is 0.675. The van der Waals surface area contributed by atoms with Crippen molar-refractivity contribution in [2.45, 2.75) is 438 Å². The summed E-state index contributed by atoms with van der Waals surface area (Å²) in [5.41, 5.74) is 2.15. The van der Waals surface area contributed by atoms with Crippen LogP contribution in [0.2, 0.25) is 0 Å². The third-order valence-electron chi connectivity index (χ3n) is 20.5. The number of nitrogens with one attached hydrogen (secondary N) is 2. The van der Waals surface area contributed by atoms with Crippen molar-refractivity contribution >= 4 is 127 Å². The summed E-state index contributed by atoms with van der Waals surface area (Å²) in [5.74, 6) is -0.245. The Hall–Kier alpha value is -10.1. The van der Waals surface area contributed by atoms with Crippen molar-refractivity contribution < 1.29 is 115 Å². The Bertz CT molecular complexity index is 4490. The molecule has 0 unspecified atom stereocenters. The van der Waals surface area contributed by atoms with Gasteiger partial charge in [0.2, 0.25) is 23.3 Å². The number of hydrogen-bond acceptors (Lipinski definition) is 25. The summed E-state index contributed by atoms with van der Waals surface area (Å²) in [4.78, 5) is 257. The van der Waals surface area contributed by atoms with Gasteiger partial charge < -0.3 is 15.0 Å². The number of nitrogens with zero attached hydrogens (tertiary/aromatic N) is 1. The van der Waals surface area contributed by atoms with Crippen LogP contribution in [0.25, 0.3) is 0 Å². The second-order valence-electron chi connectivity index (χ2n) is 48.8. The smallest absolute Gasteiger partial charge is 0.266 e. The van der Waals surface area contributed by atoms with Gasteiger partial charge in [-0.1, -0.05) is 284 Å². The molecule has 0 rings (SSSR count). The lowest BCUT2D eigenvalue weighted by atomic mass is 9.86. The zero-order valence-electron chi connectivity index (χ0n) is 102. The van der Waals surface area contributed by atoms with Crippen LogP contribution in [0, 0.1) is 60.1 Å². The maximum atomic E-state index is 11.6. The number of ether oxygens (including phenoxy) is 1. The quantitative estimate of drug-likeness (QED) is 0.0324. The maximum Gasteiger partial charge on any atom is 0.266 e. The van der Waals surface area contributed by atoms with Crippen molar-refractivity contribution in [2.75, 3.05) is 47.5 Å². The topological polar surface area (TPSA) is 421 Å². The van der Waals surface area contributed by atoms with Crippen molar-refractivity contribution in [3.05, 3.63) is 108 Å². The number of carbonyl (C=O) groups is 22. The van der Waals surface area contributed by atoms with Gasteiger partial charge in [-0.25, -0.2) is 5.48 Å². The number of methoxy groups -OCH3 is 1. The first-order valence-electron chi connectivity index (χ1n) is 52.5. The Kier molecular flexibility index (Phi) is 89.0. The molecule has 150 heavy (non-hydrogen) atoms. The Morgan fingerprint density at radius 1 is 0.373 bits per heavy atom. The lowest BCUT2D eigenvalue weighted by Gasteiger charge is -2.16. The number of hydrogen-bond donors (Lipinski definition) is 2. The molecule has 0 radical (unpaired) electrons. The summed E-state index contributed by atoms with van der Waals surface area (Å²) in [7, 11) is 5.47. The molecule has 0 bridgehead atoms. The Morgan fingerprint density at radius 2 is 0.713 bits per heavy atom. The van der Waals surface area contributed by atoms with E-state index in [2.05, 4.69) is 49.6 Å². The fourth-order valence-corrected chi connectivity index (χ4v) is 10.9. The number of carbonyl (C=O) groups excluding carboxylic acids is 22. The van der Waals surface area contributed by atoms with Crippen LogP contribution in [0.15, 0.2) is 108 Å². The van der Waals surface area contributed by atoms with Crippen LogP contribution in [-0.4, -0.2) is 180 Å². The van der Waals surface area contributed by atoms with E-state index in [1.165, 1.54) is 18.2 Å². The summed E-state index contributed by atoms with van der Waals surface area (Å²) in [6.07, 6.45) is 29.0. The second-order valence-corrected chi connectivity index (χ2v) is 48.8. The number of allylic oxidation sites excluding steroid dienone is 13. The van der Waals surface area contributed by atoms with Crippen LogP contribution >= 0.6 is 0 Å². The highest BCUT2D eigenvalue weighted by atomic mass is 16.7. The van der Waals surface area contributed by atoms with E-state index in [1.54, 1.807) is 119 Å². The molecule has 0 aliphatic heterocycles. The number of rotatable bonds is 53. The van der Waals surface area contributed by atoms with Gasteiger partial charge in [0, 0.05) is 180 Å². The highest BCUT2D eigenvalue weighted by Crippen LogP contribution is 2.27. The summed E-state index contributed by atoms with van der Waals surface area (Å²) in [5, 5.41) is 2.59. The minimum atomic E-state index is -0.522. The minimum Gasteiger partial charge on any atom is -0.381 e. The molecule has 0 aromatic heterocycles. The highest BCUT2D eigenvalue weighted by Gasteiger charge is 2.31. The van der Waals surface area contributed by atoms with Gasteiger partial charge in [0.25, 0.3) is 5.91 Å². The van der Waals surface area contributed by atoms with Crippen LogP contribution in [0.4, 0.5) is 0 Å². The maximum absolute atomic E-state index is 11.6. The zero-order chi connectivity index (χ0) is 120. The molecule has 2 amide bonds. The van der Waals surface area contributed by atoms with E-state index in [9.17, 15) is 105 Å². The molecular formula is C123H207N3O24. The normalized spacial score (nSPS) is 11.8. The monoisotopic (exact) mass is 2110 g/mol. The van der Waals surface area contributed by atoms with Gasteiger partial charge in [-0.15, -0.1) is 0 Å². The molecule has 0 aromatic carbocycles. The van der Waals surface area contributed by atoms with Crippen molar-refractivity contribution in [2.24, 2.45) is 60.1 Å². The van der Waals surface area contributed by atoms with Crippen molar-refractivity contribution in [3.63, 3.8) is 0 Å². The molecule has 0 spiro atoms. The van der Waals surface area contributed by atoms with Gasteiger partial charge in [-0.05, 0) is 171 Å². The zero-order valence-corrected chi connectivity index (χ0v) is 102. The molecule has 0 heterocycles. The van der Waals surface area contributed by atoms with Crippen LogP contribution in [0.3, 0.4) is 0 Å². The third kappa shape index (κ3) is 109. The SMILES string of the molecule is C/C=C(\C)C(=O)CCC(=O)C(C)(C)C.C/C=C/C(=O)CCCC(=O)CC(C)(C)C.C/C=C/C(=O)CCCC(=O)CCC(=O)C(C)(C)C.C/C=C/C(=O)CCCC(=O)NCC(=O)CC(C)(C)C.C=C(CC)C(=O)CCC(=O)C(C)(C)C.C=CC(=O)NOCC(=O)C(C)(C)C.CC(C)=CC(=O)C(=O)CC(C)(C)C.CC(C)CC(=O)C(=O)C(C)(C)C.CN(C)C/C=C/C(=O)CCC(=O)C(C)(C)C.COC/C=C(\C)C(=O)CCC(=O)C(C)(C)C. The van der Waals surface area contributed by atoms with Crippen LogP contribution in [-0.2, 0) is 115 Å². The number of ketones is 20. The molecular weight excluding hydrogens is 1900 g/mol. The van der Waals surface area contributed by atoms with E-state index in [0.29, 0.717) is 165 Å². The number of amides is 2. The van der Waals surface area contributed by atoms with Gasteiger partial charge in [0.05, 0.1) is 13.2 Å². The van der Waals surface area contributed by atoms with E-state index in [1.807, 2.05) is 219 Å². The van der Waals surface area contributed by atoms with Crippen LogP contribution in [0.5, 0.6) is 0 Å². The van der Waals surface area contributed by atoms with Gasteiger partial charge in [-0.3, -0.25) is 110 Å². The lowest BCUT2D eigenvalue weighted by Crippen LogP contribution is -2.31. The average Bonchev–Trinajstić information content (AvgIpc) is 0.886. The summed E-state index contributed by atoms with van der Waals surface area (Å²) in [6.45, 7) is 84.8. The predicted octanol–water partition coefficient (Wildman–Crippen LogP) is 25.0. The molecule has 0 saturated heterocycles. The largest absolute Gasteiger partial charge is 0.381 e. The third-order valence-corrected chi connectivity index (χ3v) is 20.5. The van der Waals surface area contributed by atoms with Gasteiger partial charge in [0.1, 0.15) is 47.1 Å². The van der Waals surface area contributed by atoms with E-state index in [-0.39, 0.29) is 190 Å². The lowest BCUT2D eigenvalue weighted by molar-refractivity contribution is -0.141. The van der Waals surface area contributed by atoms with Crippen LogP contribution in [0.1, 0.15) is 438 Å². The molecule has 2 N–H and O–H groups in total.